The first-order valence-corrected chi connectivity index (χ1v) is 8.79. The first kappa shape index (κ1) is 15.3. The Morgan fingerprint density at radius 2 is 2.09 bits per heavy atom. The number of hydrogen-bond acceptors (Lipinski definition) is 3. The summed E-state index contributed by atoms with van der Waals surface area (Å²) in [5, 5.41) is 5.05. The quantitative estimate of drug-likeness (QED) is 0.883. The molecule has 0 spiro atoms. The van der Waals surface area contributed by atoms with E-state index >= 15 is 0 Å². The molecule has 1 N–H and O–H groups in total. The second-order valence-electron chi connectivity index (χ2n) is 5.71. The molecule has 2 heterocycles. The predicted molar refractivity (Wildman–Crippen MR) is 90.8 cm³/mol. The summed E-state index contributed by atoms with van der Waals surface area (Å²) in [5.74, 6) is 0.145. The summed E-state index contributed by atoms with van der Waals surface area (Å²) in [6, 6.07) is 15.2. The number of thiophene rings is 1. The Morgan fingerprint density at radius 3 is 2.86 bits per heavy atom. The van der Waals surface area contributed by atoms with Crippen LogP contribution in [-0.2, 0) is 11.3 Å². The molecular weight excluding hydrogens is 292 g/mol. The van der Waals surface area contributed by atoms with Crippen LogP contribution in [0.15, 0.2) is 47.8 Å². The highest BCUT2D eigenvalue weighted by molar-refractivity contribution is 7.09. The highest BCUT2D eigenvalue weighted by Gasteiger charge is 2.25. The van der Waals surface area contributed by atoms with Crippen LogP contribution in [0.2, 0.25) is 0 Å². The van der Waals surface area contributed by atoms with E-state index in [1.807, 2.05) is 11.4 Å². The first-order chi connectivity index (χ1) is 10.8. The molecule has 4 heteroatoms. The first-order valence-electron chi connectivity index (χ1n) is 7.91. The van der Waals surface area contributed by atoms with E-state index in [9.17, 15) is 4.79 Å². The third-order valence-electron chi connectivity index (χ3n) is 4.21. The van der Waals surface area contributed by atoms with E-state index in [1.165, 1.54) is 23.3 Å². The molecule has 1 fully saturated rings. The molecule has 1 aliphatic rings. The summed E-state index contributed by atoms with van der Waals surface area (Å²) in [7, 11) is 0. The summed E-state index contributed by atoms with van der Waals surface area (Å²) >= 11 is 1.68. The van der Waals surface area contributed by atoms with Gasteiger partial charge in [0, 0.05) is 23.9 Å². The van der Waals surface area contributed by atoms with Crippen molar-refractivity contribution in [2.75, 3.05) is 13.1 Å². The second-order valence-corrected chi connectivity index (χ2v) is 6.74. The van der Waals surface area contributed by atoms with Crippen molar-refractivity contribution < 1.29 is 4.79 Å². The fourth-order valence-electron chi connectivity index (χ4n) is 3.08. The maximum atomic E-state index is 12.0. The van der Waals surface area contributed by atoms with Gasteiger partial charge in [0.05, 0.1) is 6.54 Å². The summed E-state index contributed by atoms with van der Waals surface area (Å²) in [6.07, 6.45) is 2.99. The number of rotatable bonds is 6. The Kier molecular flexibility index (Phi) is 5.24. The second kappa shape index (κ2) is 7.56. The number of hydrogen-bond donors (Lipinski definition) is 1. The van der Waals surface area contributed by atoms with Gasteiger partial charge in [0.25, 0.3) is 0 Å². The molecule has 0 unspecified atom stereocenters. The fourth-order valence-corrected chi connectivity index (χ4v) is 3.72. The molecular formula is C18H22N2OS. The zero-order chi connectivity index (χ0) is 15.2. The Balaban J connectivity index is 1.47. The largest absolute Gasteiger partial charge is 0.351 e. The fraction of sp³-hybridized carbons (Fsp3) is 0.389. The highest BCUT2D eigenvalue weighted by Crippen LogP contribution is 2.31. The van der Waals surface area contributed by atoms with Gasteiger partial charge in [-0.2, -0.15) is 0 Å². The van der Waals surface area contributed by atoms with Crippen LogP contribution in [0.25, 0.3) is 0 Å². The van der Waals surface area contributed by atoms with Crippen LogP contribution < -0.4 is 5.32 Å². The molecule has 0 radical (unpaired) electrons. The highest BCUT2D eigenvalue weighted by atomic mass is 32.1. The molecule has 22 heavy (non-hydrogen) atoms. The minimum absolute atomic E-state index is 0.145. The van der Waals surface area contributed by atoms with Crippen LogP contribution in [-0.4, -0.2) is 23.9 Å². The van der Waals surface area contributed by atoms with Gasteiger partial charge in [-0.15, -0.1) is 11.3 Å². The standard InChI is InChI=1S/C18H22N2OS/c21-18(19-14-16-8-5-13-22-16)10-12-20-11-4-9-17(20)15-6-2-1-3-7-15/h1-3,5-8,13,17H,4,9-12,14H2,(H,19,21)/t17-/m1/s1. The van der Waals surface area contributed by atoms with E-state index < -0.39 is 0 Å². The van der Waals surface area contributed by atoms with E-state index in [0.29, 0.717) is 19.0 Å². The van der Waals surface area contributed by atoms with Gasteiger partial charge in [-0.25, -0.2) is 0 Å². The summed E-state index contributed by atoms with van der Waals surface area (Å²) in [6.45, 7) is 2.59. The Labute approximate surface area is 136 Å². The number of benzene rings is 1. The topological polar surface area (TPSA) is 32.3 Å². The van der Waals surface area contributed by atoms with Crippen LogP contribution in [0, 0.1) is 0 Å². The van der Waals surface area contributed by atoms with E-state index in [2.05, 4.69) is 46.6 Å². The smallest absolute Gasteiger partial charge is 0.221 e. The zero-order valence-corrected chi connectivity index (χ0v) is 13.5. The molecule has 1 aliphatic heterocycles. The Morgan fingerprint density at radius 1 is 1.23 bits per heavy atom. The van der Waals surface area contributed by atoms with Gasteiger partial charge in [0.2, 0.25) is 5.91 Å². The van der Waals surface area contributed by atoms with Gasteiger partial charge in [-0.3, -0.25) is 9.69 Å². The van der Waals surface area contributed by atoms with Gasteiger partial charge < -0.3 is 5.32 Å². The average Bonchev–Trinajstić information content (AvgIpc) is 3.23. The van der Waals surface area contributed by atoms with E-state index in [1.54, 1.807) is 11.3 Å². The number of nitrogens with zero attached hydrogens (tertiary/aromatic N) is 1. The minimum Gasteiger partial charge on any atom is -0.351 e. The maximum Gasteiger partial charge on any atom is 0.221 e. The lowest BCUT2D eigenvalue weighted by molar-refractivity contribution is -0.121. The SMILES string of the molecule is O=C(CCN1CCC[C@@H]1c1ccccc1)NCc1cccs1. The molecule has 1 aromatic carbocycles. The molecule has 1 atom stereocenters. The zero-order valence-electron chi connectivity index (χ0n) is 12.7. The monoisotopic (exact) mass is 314 g/mol. The van der Waals surface area contributed by atoms with Crippen molar-refractivity contribution in [3.63, 3.8) is 0 Å². The van der Waals surface area contributed by atoms with Crippen LogP contribution in [0.3, 0.4) is 0 Å². The molecule has 1 saturated heterocycles. The van der Waals surface area contributed by atoms with E-state index in [-0.39, 0.29) is 5.91 Å². The number of amides is 1. The van der Waals surface area contributed by atoms with Crippen molar-refractivity contribution in [2.45, 2.75) is 31.8 Å². The molecule has 116 valence electrons. The van der Waals surface area contributed by atoms with Gasteiger partial charge in [0.1, 0.15) is 0 Å². The number of carbonyl (C=O) groups excluding carboxylic acids is 1. The van der Waals surface area contributed by atoms with Gasteiger partial charge in [0.15, 0.2) is 0 Å². The van der Waals surface area contributed by atoms with Crippen molar-refractivity contribution in [2.24, 2.45) is 0 Å². The Bertz CT molecular complexity index is 582. The molecule has 1 amide bonds. The lowest BCUT2D eigenvalue weighted by atomic mass is 10.0. The lowest BCUT2D eigenvalue weighted by Crippen LogP contribution is -2.30. The molecule has 0 bridgehead atoms. The Hall–Kier alpha value is -1.65. The third kappa shape index (κ3) is 3.96. The molecule has 2 aromatic rings. The molecule has 3 nitrogen and oxygen atoms in total. The summed E-state index contributed by atoms with van der Waals surface area (Å²) in [4.78, 5) is 15.7. The van der Waals surface area contributed by atoms with Gasteiger partial charge in [-0.1, -0.05) is 36.4 Å². The lowest BCUT2D eigenvalue weighted by Gasteiger charge is -2.24. The van der Waals surface area contributed by atoms with E-state index in [4.69, 9.17) is 0 Å². The number of nitrogens with one attached hydrogen (secondary N) is 1. The molecule has 0 aliphatic carbocycles. The van der Waals surface area contributed by atoms with Gasteiger partial charge >= 0.3 is 0 Å². The van der Waals surface area contributed by atoms with Crippen LogP contribution in [0.1, 0.15) is 35.7 Å². The van der Waals surface area contributed by atoms with Crippen LogP contribution in [0.5, 0.6) is 0 Å². The average molecular weight is 314 g/mol. The van der Waals surface area contributed by atoms with Gasteiger partial charge in [-0.05, 0) is 36.4 Å². The number of carbonyl (C=O) groups is 1. The molecule has 3 rings (SSSR count). The maximum absolute atomic E-state index is 12.0. The van der Waals surface area contributed by atoms with Crippen LogP contribution >= 0.6 is 11.3 Å². The number of likely N-dealkylation sites (tertiary alicyclic amines) is 1. The van der Waals surface area contributed by atoms with Crippen molar-refractivity contribution in [3.8, 4) is 0 Å². The molecule has 0 saturated carbocycles. The predicted octanol–water partition coefficient (Wildman–Crippen LogP) is 3.59. The van der Waals surface area contributed by atoms with Crippen molar-refractivity contribution in [1.29, 1.82) is 0 Å². The van der Waals surface area contributed by atoms with Crippen molar-refractivity contribution >= 4 is 17.2 Å². The van der Waals surface area contributed by atoms with E-state index in [0.717, 1.165) is 13.1 Å². The third-order valence-corrected chi connectivity index (χ3v) is 5.09. The minimum atomic E-state index is 0.145. The summed E-state index contributed by atoms with van der Waals surface area (Å²) < 4.78 is 0. The molecule has 1 aromatic heterocycles. The normalized spacial score (nSPS) is 18.5. The van der Waals surface area contributed by atoms with Crippen LogP contribution in [0.4, 0.5) is 0 Å². The van der Waals surface area contributed by atoms with Crippen molar-refractivity contribution in [1.82, 2.24) is 10.2 Å². The summed E-state index contributed by atoms with van der Waals surface area (Å²) in [5.41, 5.74) is 1.37. The van der Waals surface area contributed by atoms with Crippen molar-refractivity contribution in [3.05, 3.63) is 58.3 Å².